The van der Waals surface area contributed by atoms with Crippen LogP contribution in [-0.4, -0.2) is 5.78 Å². The van der Waals surface area contributed by atoms with Gasteiger partial charge in [0.2, 0.25) is 5.78 Å². The second kappa shape index (κ2) is 3.31. The van der Waals surface area contributed by atoms with Gasteiger partial charge in [-0.2, -0.15) is 0 Å². The molecule has 1 fully saturated rings. The highest BCUT2D eigenvalue weighted by molar-refractivity contribution is 6.01. The molecule has 1 saturated carbocycles. The van der Waals surface area contributed by atoms with E-state index in [0.29, 0.717) is 0 Å². The molecule has 0 bridgehead atoms. The molecule has 2 rings (SSSR count). The third kappa shape index (κ3) is 1.85. The largest absolute Gasteiger partial charge is 0.284 e. The van der Waals surface area contributed by atoms with Crippen molar-refractivity contribution in [1.29, 1.82) is 0 Å². The first-order chi connectivity index (χ1) is 6.71. The number of carbonyl (C=O) groups is 1. The van der Waals surface area contributed by atoms with Gasteiger partial charge in [0.05, 0.1) is 0 Å². The molecule has 0 spiro atoms. The van der Waals surface area contributed by atoms with Crippen molar-refractivity contribution >= 4 is 5.78 Å². The summed E-state index contributed by atoms with van der Waals surface area (Å²) in [5.74, 6) is 5.69. The van der Waals surface area contributed by atoms with Gasteiger partial charge >= 0.3 is 0 Å². The number of rotatable bonds is 1. The molecule has 1 heteroatoms. The molecule has 0 N–H and O–H groups in total. The molecule has 1 nitrogen and oxygen atoms in total. The maximum Gasteiger partial charge on any atom is 0.211 e. The van der Waals surface area contributed by atoms with E-state index in [0.717, 1.165) is 18.4 Å². The van der Waals surface area contributed by atoms with Gasteiger partial charge in [-0.3, -0.25) is 4.79 Å². The molecule has 0 saturated heterocycles. The molecule has 0 radical (unpaired) electrons. The van der Waals surface area contributed by atoms with Gasteiger partial charge in [-0.25, -0.2) is 0 Å². The maximum atomic E-state index is 11.5. The summed E-state index contributed by atoms with van der Waals surface area (Å²) in [4.78, 5) is 11.5. The highest BCUT2D eigenvalue weighted by Crippen LogP contribution is 2.45. The highest BCUT2D eigenvalue weighted by Gasteiger charge is 2.43. The third-order valence-corrected chi connectivity index (χ3v) is 2.64. The fraction of sp³-hybridized carbons (Fsp3) is 0.308. The zero-order valence-electron chi connectivity index (χ0n) is 8.21. The van der Waals surface area contributed by atoms with Gasteiger partial charge in [-0.15, -0.1) is 0 Å². The van der Waals surface area contributed by atoms with Crippen molar-refractivity contribution in [1.82, 2.24) is 0 Å². The zero-order chi connectivity index (χ0) is 10.0. The Balaban J connectivity index is 2.11. The second-order valence-electron chi connectivity index (χ2n) is 4.01. The van der Waals surface area contributed by atoms with Crippen LogP contribution in [0.15, 0.2) is 30.3 Å². The number of carbonyl (C=O) groups excluding carboxylic acids is 1. The lowest BCUT2D eigenvalue weighted by molar-refractivity contribution is -0.118. The SMILES string of the molecule is CC1(C(=O)C#Cc2ccccc2)CC1. The lowest BCUT2D eigenvalue weighted by Crippen LogP contribution is -2.08. The normalized spacial score (nSPS) is 16.6. The Morgan fingerprint density at radius 2 is 1.93 bits per heavy atom. The van der Waals surface area contributed by atoms with E-state index in [4.69, 9.17) is 0 Å². The van der Waals surface area contributed by atoms with Gasteiger partial charge in [0, 0.05) is 11.0 Å². The predicted octanol–water partition coefficient (Wildman–Crippen LogP) is 2.41. The van der Waals surface area contributed by atoms with Gasteiger partial charge in [-0.1, -0.05) is 31.0 Å². The van der Waals surface area contributed by atoms with Crippen LogP contribution in [0.3, 0.4) is 0 Å². The van der Waals surface area contributed by atoms with E-state index in [-0.39, 0.29) is 11.2 Å². The van der Waals surface area contributed by atoms with Crippen LogP contribution in [0, 0.1) is 17.3 Å². The highest BCUT2D eigenvalue weighted by atomic mass is 16.1. The fourth-order valence-corrected chi connectivity index (χ4v) is 1.22. The number of hydrogen-bond donors (Lipinski definition) is 0. The Labute approximate surface area is 84.1 Å². The first-order valence-electron chi connectivity index (χ1n) is 4.82. The van der Waals surface area contributed by atoms with Crippen LogP contribution in [0.1, 0.15) is 25.3 Å². The molecule has 70 valence electrons. The molecular formula is C13H12O. The molecule has 1 aliphatic carbocycles. The number of hydrogen-bond acceptors (Lipinski definition) is 1. The van der Waals surface area contributed by atoms with Gasteiger partial charge in [-0.05, 0) is 30.9 Å². The summed E-state index contributed by atoms with van der Waals surface area (Å²) in [6.07, 6.45) is 1.99. The Bertz CT molecular complexity index is 402. The van der Waals surface area contributed by atoms with Crippen molar-refractivity contribution in [2.75, 3.05) is 0 Å². The topological polar surface area (TPSA) is 17.1 Å². The average molecular weight is 184 g/mol. The van der Waals surface area contributed by atoms with Gasteiger partial charge in [0.1, 0.15) is 0 Å². The van der Waals surface area contributed by atoms with Gasteiger partial charge < -0.3 is 0 Å². The number of ketones is 1. The molecule has 0 amide bonds. The number of benzene rings is 1. The zero-order valence-corrected chi connectivity index (χ0v) is 8.21. The minimum Gasteiger partial charge on any atom is -0.284 e. The second-order valence-corrected chi connectivity index (χ2v) is 4.01. The Hall–Kier alpha value is -1.55. The van der Waals surface area contributed by atoms with Crippen molar-refractivity contribution in [2.45, 2.75) is 19.8 Å². The van der Waals surface area contributed by atoms with Crippen LogP contribution in [-0.2, 0) is 4.79 Å². The van der Waals surface area contributed by atoms with Crippen LogP contribution in [0.25, 0.3) is 0 Å². The van der Waals surface area contributed by atoms with E-state index in [2.05, 4.69) is 11.8 Å². The summed E-state index contributed by atoms with van der Waals surface area (Å²) in [6.45, 7) is 1.98. The first-order valence-corrected chi connectivity index (χ1v) is 4.82. The van der Waals surface area contributed by atoms with Crippen LogP contribution >= 0.6 is 0 Å². The standard InChI is InChI=1S/C13H12O/c1-13(9-10-13)12(14)8-7-11-5-3-2-4-6-11/h2-6H,9-10H2,1H3. The van der Waals surface area contributed by atoms with Crippen LogP contribution in [0.2, 0.25) is 0 Å². The van der Waals surface area contributed by atoms with Crippen molar-refractivity contribution in [3.05, 3.63) is 35.9 Å². The minimum atomic E-state index is -0.123. The summed E-state index contributed by atoms with van der Waals surface area (Å²) in [5.41, 5.74) is 0.784. The van der Waals surface area contributed by atoms with E-state index in [1.54, 1.807) is 0 Å². The van der Waals surface area contributed by atoms with E-state index >= 15 is 0 Å². The van der Waals surface area contributed by atoms with E-state index in [1.807, 2.05) is 37.3 Å². The molecule has 0 aliphatic heterocycles. The van der Waals surface area contributed by atoms with Crippen molar-refractivity contribution in [2.24, 2.45) is 5.41 Å². The summed E-state index contributed by atoms with van der Waals surface area (Å²) in [6, 6.07) is 9.61. The monoisotopic (exact) mass is 184 g/mol. The van der Waals surface area contributed by atoms with E-state index in [9.17, 15) is 4.79 Å². The quantitative estimate of drug-likeness (QED) is 0.612. The van der Waals surface area contributed by atoms with Crippen LogP contribution < -0.4 is 0 Å². The summed E-state index contributed by atoms with van der Waals surface area (Å²) >= 11 is 0. The molecule has 0 aromatic heterocycles. The molecule has 0 atom stereocenters. The third-order valence-electron chi connectivity index (χ3n) is 2.64. The van der Waals surface area contributed by atoms with Crippen molar-refractivity contribution in [3.63, 3.8) is 0 Å². The fourth-order valence-electron chi connectivity index (χ4n) is 1.22. The van der Waals surface area contributed by atoms with E-state index in [1.165, 1.54) is 0 Å². The lowest BCUT2D eigenvalue weighted by Gasteiger charge is -1.97. The summed E-state index contributed by atoms with van der Waals surface area (Å²) < 4.78 is 0. The Morgan fingerprint density at radius 1 is 1.29 bits per heavy atom. The molecular weight excluding hydrogens is 172 g/mol. The first kappa shape index (κ1) is 9.02. The predicted molar refractivity (Wildman–Crippen MR) is 55.7 cm³/mol. The Morgan fingerprint density at radius 3 is 2.50 bits per heavy atom. The van der Waals surface area contributed by atoms with Crippen LogP contribution in [0.4, 0.5) is 0 Å². The smallest absolute Gasteiger partial charge is 0.211 e. The van der Waals surface area contributed by atoms with Crippen molar-refractivity contribution in [3.8, 4) is 11.8 Å². The molecule has 0 heterocycles. The molecule has 14 heavy (non-hydrogen) atoms. The molecule has 1 aliphatic rings. The Kier molecular flexibility index (Phi) is 2.13. The lowest BCUT2D eigenvalue weighted by atomic mass is 10.0. The summed E-state index contributed by atoms with van der Waals surface area (Å²) in [7, 11) is 0. The van der Waals surface area contributed by atoms with Gasteiger partial charge in [0.25, 0.3) is 0 Å². The van der Waals surface area contributed by atoms with E-state index < -0.39 is 0 Å². The molecule has 0 unspecified atom stereocenters. The maximum absolute atomic E-state index is 11.5. The van der Waals surface area contributed by atoms with Crippen LogP contribution in [0.5, 0.6) is 0 Å². The number of Topliss-reactive ketones (excluding diaryl/α,β-unsaturated/α-hetero) is 1. The van der Waals surface area contributed by atoms with Gasteiger partial charge in [0.15, 0.2) is 0 Å². The minimum absolute atomic E-state index is 0.0846. The molecule has 1 aromatic rings. The van der Waals surface area contributed by atoms with Crippen molar-refractivity contribution < 1.29 is 4.79 Å². The molecule has 1 aromatic carbocycles. The average Bonchev–Trinajstić information content (AvgIpc) is 2.96. The summed E-state index contributed by atoms with van der Waals surface area (Å²) in [5, 5.41) is 0.